The van der Waals surface area contributed by atoms with E-state index >= 15 is 0 Å². The summed E-state index contributed by atoms with van der Waals surface area (Å²) >= 11 is 3.38. The van der Waals surface area contributed by atoms with Crippen LogP contribution >= 0.6 is 15.9 Å². The number of aliphatic carboxylic acids is 1. The van der Waals surface area contributed by atoms with E-state index in [1.165, 1.54) is 0 Å². The number of aromatic nitrogens is 1. The Labute approximate surface area is 131 Å². The Morgan fingerprint density at radius 3 is 2.86 bits per heavy atom. The van der Waals surface area contributed by atoms with Crippen molar-refractivity contribution in [3.63, 3.8) is 0 Å². The van der Waals surface area contributed by atoms with E-state index in [4.69, 9.17) is 5.11 Å². The van der Waals surface area contributed by atoms with Crippen LogP contribution in [0.4, 0.5) is 5.69 Å². The molecule has 108 valence electrons. The smallest absolute Gasteiger partial charge is 0.304 e. The van der Waals surface area contributed by atoms with Crippen molar-refractivity contribution in [3.05, 3.63) is 58.3 Å². The van der Waals surface area contributed by atoms with Crippen molar-refractivity contribution in [2.24, 2.45) is 0 Å². The average Bonchev–Trinajstić information content (AvgIpc) is 2.79. The molecule has 1 unspecified atom stereocenters. The van der Waals surface area contributed by atoms with Crippen molar-refractivity contribution in [1.29, 1.82) is 0 Å². The maximum absolute atomic E-state index is 11.0. The summed E-state index contributed by atoms with van der Waals surface area (Å²) in [4.78, 5) is 17.6. The Morgan fingerprint density at radius 2 is 2.14 bits per heavy atom. The van der Waals surface area contributed by atoms with E-state index in [-0.39, 0.29) is 12.3 Å². The molecule has 1 aliphatic rings. The molecule has 0 saturated heterocycles. The molecule has 1 aliphatic heterocycles. The minimum absolute atomic E-state index is 0.0501. The number of benzene rings is 1. The molecule has 0 fully saturated rings. The summed E-state index contributed by atoms with van der Waals surface area (Å²) in [5.74, 6) is -0.701. The van der Waals surface area contributed by atoms with Crippen LogP contribution in [0, 0.1) is 0 Å². The summed E-state index contributed by atoms with van der Waals surface area (Å²) < 4.78 is 0.955. The van der Waals surface area contributed by atoms with Gasteiger partial charge in [0.1, 0.15) is 0 Å². The van der Waals surface area contributed by atoms with Crippen LogP contribution in [0.25, 0.3) is 0 Å². The predicted molar refractivity (Wildman–Crippen MR) is 84.4 cm³/mol. The molecule has 21 heavy (non-hydrogen) atoms. The molecule has 0 bridgehead atoms. The number of pyridine rings is 1. The standard InChI is InChI=1S/C16H15BrN2O2/c17-12-5-6-13(18-8-12)10-19-9-11(7-16(20)21)14-3-1-2-4-15(14)19/h1-6,8,11H,7,9-10H2,(H,20,21). The monoisotopic (exact) mass is 346 g/mol. The van der Waals surface area contributed by atoms with Crippen LogP contribution in [0.15, 0.2) is 47.1 Å². The first-order valence-electron chi connectivity index (χ1n) is 6.79. The fourth-order valence-electron chi connectivity index (χ4n) is 2.81. The second-order valence-corrected chi connectivity index (χ2v) is 6.12. The lowest BCUT2D eigenvalue weighted by Crippen LogP contribution is -2.22. The second kappa shape index (κ2) is 5.85. The van der Waals surface area contributed by atoms with Gasteiger partial charge in [-0.3, -0.25) is 9.78 Å². The maximum atomic E-state index is 11.0. The van der Waals surface area contributed by atoms with Crippen molar-refractivity contribution in [2.75, 3.05) is 11.4 Å². The number of para-hydroxylation sites is 1. The highest BCUT2D eigenvalue weighted by Gasteiger charge is 2.29. The van der Waals surface area contributed by atoms with Crippen molar-refractivity contribution in [3.8, 4) is 0 Å². The van der Waals surface area contributed by atoms with E-state index in [0.717, 1.165) is 28.0 Å². The number of carboxylic acid groups (broad SMARTS) is 1. The van der Waals surface area contributed by atoms with Gasteiger partial charge in [0.05, 0.1) is 18.7 Å². The van der Waals surface area contributed by atoms with E-state index in [0.29, 0.717) is 6.54 Å². The number of rotatable bonds is 4. The van der Waals surface area contributed by atoms with Crippen LogP contribution < -0.4 is 4.90 Å². The van der Waals surface area contributed by atoms with Gasteiger partial charge in [0.15, 0.2) is 0 Å². The molecule has 0 radical (unpaired) electrons. The lowest BCUT2D eigenvalue weighted by Gasteiger charge is -2.19. The van der Waals surface area contributed by atoms with Gasteiger partial charge in [0, 0.05) is 28.8 Å². The highest BCUT2D eigenvalue weighted by atomic mass is 79.9. The van der Waals surface area contributed by atoms with Gasteiger partial charge in [0.25, 0.3) is 0 Å². The van der Waals surface area contributed by atoms with E-state index in [9.17, 15) is 4.79 Å². The van der Waals surface area contributed by atoms with Gasteiger partial charge in [-0.25, -0.2) is 0 Å². The molecule has 0 saturated carbocycles. The SMILES string of the molecule is O=C(O)CC1CN(Cc2ccc(Br)cn2)c2ccccc21. The van der Waals surface area contributed by atoms with Crippen molar-refractivity contribution in [1.82, 2.24) is 4.98 Å². The molecule has 2 aromatic rings. The predicted octanol–water partition coefficient (Wildman–Crippen LogP) is 3.42. The van der Waals surface area contributed by atoms with E-state index in [2.05, 4.69) is 31.9 Å². The van der Waals surface area contributed by atoms with Gasteiger partial charge in [-0.05, 0) is 39.7 Å². The van der Waals surface area contributed by atoms with Crippen molar-refractivity contribution < 1.29 is 9.90 Å². The van der Waals surface area contributed by atoms with Crippen molar-refractivity contribution in [2.45, 2.75) is 18.9 Å². The zero-order valence-electron chi connectivity index (χ0n) is 11.4. The molecule has 3 rings (SSSR count). The number of hydrogen-bond donors (Lipinski definition) is 1. The minimum atomic E-state index is -0.751. The molecule has 1 aromatic heterocycles. The summed E-state index contributed by atoms with van der Waals surface area (Å²) in [6.45, 7) is 1.42. The highest BCUT2D eigenvalue weighted by molar-refractivity contribution is 9.10. The van der Waals surface area contributed by atoms with Crippen LogP contribution in [-0.2, 0) is 11.3 Å². The topological polar surface area (TPSA) is 53.4 Å². The Morgan fingerprint density at radius 1 is 1.33 bits per heavy atom. The number of nitrogens with zero attached hydrogens (tertiary/aromatic N) is 2. The Hall–Kier alpha value is -1.88. The van der Waals surface area contributed by atoms with Gasteiger partial charge >= 0.3 is 5.97 Å². The van der Waals surface area contributed by atoms with Crippen LogP contribution in [0.5, 0.6) is 0 Å². The fourth-order valence-corrected chi connectivity index (χ4v) is 3.05. The van der Waals surface area contributed by atoms with Crippen LogP contribution in [0.3, 0.4) is 0 Å². The van der Waals surface area contributed by atoms with E-state index in [1.807, 2.05) is 30.3 Å². The molecule has 4 nitrogen and oxygen atoms in total. The Balaban J connectivity index is 1.83. The molecule has 1 N–H and O–H groups in total. The Kier molecular flexibility index (Phi) is 3.92. The fraction of sp³-hybridized carbons (Fsp3) is 0.250. The average molecular weight is 347 g/mol. The first-order chi connectivity index (χ1) is 10.1. The highest BCUT2D eigenvalue weighted by Crippen LogP contribution is 2.38. The summed E-state index contributed by atoms with van der Waals surface area (Å²) in [7, 11) is 0. The number of halogens is 1. The molecule has 5 heteroatoms. The largest absolute Gasteiger partial charge is 0.481 e. The molecular formula is C16H15BrN2O2. The van der Waals surface area contributed by atoms with E-state index < -0.39 is 5.97 Å². The normalized spacial score (nSPS) is 16.8. The number of anilines is 1. The van der Waals surface area contributed by atoms with Gasteiger partial charge in [-0.15, -0.1) is 0 Å². The second-order valence-electron chi connectivity index (χ2n) is 5.20. The van der Waals surface area contributed by atoms with Crippen LogP contribution in [0.1, 0.15) is 23.6 Å². The molecule has 0 amide bonds. The zero-order chi connectivity index (χ0) is 14.8. The lowest BCUT2D eigenvalue weighted by molar-refractivity contribution is -0.137. The summed E-state index contributed by atoms with van der Waals surface area (Å²) in [5.41, 5.74) is 3.22. The molecule has 1 atom stereocenters. The third kappa shape index (κ3) is 3.08. The number of carboxylic acids is 1. The first kappa shape index (κ1) is 14.1. The summed E-state index contributed by atoms with van der Waals surface area (Å²) in [6.07, 6.45) is 1.95. The van der Waals surface area contributed by atoms with Gasteiger partial charge < -0.3 is 10.0 Å². The first-order valence-corrected chi connectivity index (χ1v) is 7.59. The quantitative estimate of drug-likeness (QED) is 0.921. The number of fused-ring (bicyclic) bond motifs is 1. The van der Waals surface area contributed by atoms with Crippen molar-refractivity contribution >= 4 is 27.6 Å². The van der Waals surface area contributed by atoms with Gasteiger partial charge in [-0.1, -0.05) is 18.2 Å². The molecule has 0 aliphatic carbocycles. The third-order valence-electron chi connectivity index (χ3n) is 3.72. The van der Waals surface area contributed by atoms with Crippen LogP contribution in [-0.4, -0.2) is 22.6 Å². The van der Waals surface area contributed by atoms with E-state index in [1.54, 1.807) is 6.20 Å². The molecule has 2 heterocycles. The molecular weight excluding hydrogens is 332 g/mol. The zero-order valence-corrected chi connectivity index (χ0v) is 13.0. The summed E-state index contributed by atoms with van der Waals surface area (Å²) in [5, 5.41) is 9.07. The number of carbonyl (C=O) groups is 1. The minimum Gasteiger partial charge on any atom is -0.481 e. The molecule has 1 aromatic carbocycles. The summed E-state index contributed by atoms with van der Waals surface area (Å²) in [6, 6.07) is 12.0. The number of hydrogen-bond acceptors (Lipinski definition) is 3. The van der Waals surface area contributed by atoms with Gasteiger partial charge in [-0.2, -0.15) is 0 Å². The molecule has 0 spiro atoms. The van der Waals surface area contributed by atoms with Crippen LogP contribution in [0.2, 0.25) is 0 Å². The lowest BCUT2D eigenvalue weighted by atomic mass is 9.98. The maximum Gasteiger partial charge on any atom is 0.304 e. The third-order valence-corrected chi connectivity index (χ3v) is 4.19. The Bertz CT molecular complexity index is 658. The van der Waals surface area contributed by atoms with Gasteiger partial charge in [0.2, 0.25) is 0 Å².